The first kappa shape index (κ1) is 85.5. The van der Waals surface area contributed by atoms with Gasteiger partial charge in [-0.3, -0.25) is 24.0 Å². The minimum Gasteiger partial charge on any atom is -0.394 e. The van der Waals surface area contributed by atoms with E-state index in [2.05, 4.69) is 26.6 Å². The summed E-state index contributed by atoms with van der Waals surface area (Å²) in [6, 6.07) is -8.89. The number of aliphatic hydroxyl groups is 21. The average Bonchev–Trinajstić information content (AvgIpc) is 0.777. The molecule has 600 valence electrons. The van der Waals surface area contributed by atoms with Crippen molar-refractivity contribution in [3.63, 3.8) is 0 Å². The summed E-state index contributed by atoms with van der Waals surface area (Å²) >= 11 is 0. The van der Waals surface area contributed by atoms with Gasteiger partial charge < -0.3 is 205 Å². The minimum atomic E-state index is -2.57. The van der Waals surface area contributed by atoms with Crippen LogP contribution in [-0.4, -0.2) is 435 Å². The summed E-state index contributed by atoms with van der Waals surface area (Å²) in [4.78, 5) is 62.7. The summed E-state index contributed by atoms with van der Waals surface area (Å²) in [7, 11) is 0. The van der Waals surface area contributed by atoms with E-state index in [0.717, 1.165) is 34.6 Å². The molecule has 0 spiro atoms. The van der Waals surface area contributed by atoms with Gasteiger partial charge in [0.2, 0.25) is 29.5 Å². The molecule has 5 amide bonds. The molecule has 8 aliphatic rings. The molecule has 8 heterocycles. The number of amides is 5. The molecule has 0 aromatic carbocycles. The standard InChI is InChI=1S/C58H97N5O41/c1-14(71)59-27-40(84)45(23(10-68)91-51(27)89)99-55-31(63-18(5)75)41(85)46(24(11-69)96-55)101-56-44(88)48(36(80)26(98-56)13-90-57-49(42(86)35(79)22(9-67)95-57)103-53-29(61-16(3)73)38(82)33(77)20(7-65)93-53)102-58-50(104-54-30(62-17(4)74)39(83)34(78)21(8-66)94-54)43(87)47(25(12-70)97-58)100-52-28(60-15(2)72)37(81)32(76)19(6-64)92-52/h19-58,64-70,76-89H,6-13H2,1-5H3,(H,59,71)(H,60,72)(H,61,73)(H,62,74)(H,63,75)/t19-,20-,21-,22-,23-,24-,25-,26-,27-,28-,29-,30-,31-,32-,33-,34-,35-,36-,37-,38-,39-,40-,41-,42+,43+,44+,45-,46-,47-,48+,49+,50+,51?,52?,53?,54?,55+,56+,57+,58-/m1/s1. The summed E-state index contributed by atoms with van der Waals surface area (Å²) < 4.78 is 89.9. The molecule has 40 atom stereocenters. The Morgan fingerprint density at radius 2 is 0.519 bits per heavy atom. The highest BCUT2D eigenvalue weighted by molar-refractivity contribution is 5.75. The maximum absolute atomic E-state index is 13.0. The molecule has 46 nitrogen and oxygen atoms in total. The zero-order valence-corrected chi connectivity index (χ0v) is 56.3. The van der Waals surface area contributed by atoms with Crippen LogP contribution < -0.4 is 26.6 Å². The number of ether oxygens (including phenoxy) is 15. The van der Waals surface area contributed by atoms with Crippen molar-refractivity contribution in [2.45, 2.75) is 280 Å². The van der Waals surface area contributed by atoms with Crippen molar-refractivity contribution in [1.82, 2.24) is 26.6 Å². The number of carbonyl (C=O) groups excluding carboxylic acids is 5. The van der Waals surface area contributed by atoms with Gasteiger partial charge in [0.25, 0.3) is 0 Å². The van der Waals surface area contributed by atoms with Gasteiger partial charge in [0.15, 0.2) is 50.3 Å². The fourth-order valence-electron chi connectivity index (χ4n) is 13.4. The summed E-state index contributed by atoms with van der Waals surface area (Å²) in [5.41, 5.74) is 0. The zero-order valence-electron chi connectivity index (χ0n) is 56.3. The lowest BCUT2D eigenvalue weighted by molar-refractivity contribution is -0.403. The van der Waals surface area contributed by atoms with E-state index >= 15 is 0 Å². The zero-order chi connectivity index (χ0) is 76.8. The Labute approximate surface area is 589 Å². The lowest BCUT2D eigenvalue weighted by Crippen LogP contribution is -2.71. The molecule has 8 rings (SSSR count). The maximum atomic E-state index is 13.0. The van der Waals surface area contributed by atoms with Gasteiger partial charge in [0.05, 0.1) is 52.9 Å². The molecule has 0 aliphatic carbocycles. The minimum absolute atomic E-state index is 0.777. The molecule has 104 heavy (non-hydrogen) atoms. The van der Waals surface area contributed by atoms with Gasteiger partial charge in [-0.05, 0) is 0 Å². The highest BCUT2D eigenvalue weighted by Crippen LogP contribution is 2.39. The van der Waals surface area contributed by atoms with Crippen LogP contribution in [0.1, 0.15) is 34.6 Å². The molecule has 26 N–H and O–H groups in total. The molecule has 8 saturated heterocycles. The van der Waals surface area contributed by atoms with E-state index in [9.17, 15) is 131 Å². The maximum Gasteiger partial charge on any atom is 0.217 e. The van der Waals surface area contributed by atoms with Crippen molar-refractivity contribution >= 4 is 29.5 Å². The number of hydrogen-bond acceptors (Lipinski definition) is 41. The Morgan fingerprint density at radius 3 is 0.904 bits per heavy atom. The Morgan fingerprint density at radius 1 is 0.250 bits per heavy atom. The molecule has 8 fully saturated rings. The van der Waals surface area contributed by atoms with E-state index < -0.39 is 328 Å². The smallest absolute Gasteiger partial charge is 0.217 e. The van der Waals surface area contributed by atoms with Gasteiger partial charge in [-0.15, -0.1) is 0 Å². The van der Waals surface area contributed by atoms with Gasteiger partial charge in [-0.1, -0.05) is 0 Å². The normalized spacial score (nSPS) is 47.2. The van der Waals surface area contributed by atoms with Crippen LogP contribution in [0.25, 0.3) is 0 Å². The Kier molecular flexibility index (Phi) is 30.9. The average molecular weight is 1520 g/mol. The molecule has 0 radical (unpaired) electrons. The number of hydrogen-bond donors (Lipinski definition) is 26. The van der Waals surface area contributed by atoms with Crippen molar-refractivity contribution in [3.8, 4) is 0 Å². The van der Waals surface area contributed by atoms with Gasteiger partial charge in [0, 0.05) is 34.6 Å². The first-order valence-electron chi connectivity index (χ1n) is 33.1. The van der Waals surface area contributed by atoms with Crippen LogP contribution >= 0.6 is 0 Å². The summed E-state index contributed by atoms with van der Waals surface area (Å²) in [5, 5.41) is 246. The van der Waals surface area contributed by atoms with Crippen LogP contribution in [0.2, 0.25) is 0 Å². The van der Waals surface area contributed by atoms with Gasteiger partial charge in [-0.2, -0.15) is 0 Å². The van der Waals surface area contributed by atoms with E-state index in [0.29, 0.717) is 0 Å². The molecule has 0 saturated carbocycles. The topological polar surface area (TPSA) is 709 Å². The SMILES string of the molecule is CC(=O)N[C@H]1[C@H](O[C@H]2[C@H](O)[C@@H](NC(C)=O)C(O)O[C@@H]2CO)O[C@H](CO)[C@@H](O[C@@H]2O[C@H](CO[C@H]3O[C@H](CO)[C@@H](O)[C@H](O)[C@@H]3OC3O[C@H](CO)[C@@H](O)[C@H](O)[C@H]3NC(C)=O)[C@@H](O)[C@H](O[C@H]3O[C@H](CO)[C@@H](OC4O[C@H](CO)[C@@H](O)[C@H](O)[C@H]4NC(C)=O)[C@H](O)[C@@H]3OC3O[C@H](CO)[C@@H](O)[C@H](O)[C@H]3NC(C)=O)[C@@H]2O)[C@@H]1O. The van der Waals surface area contributed by atoms with Crippen LogP contribution in [0.15, 0.2) is 0 Å². The quantitative estimate of drug-likeness (QED) is 0.0363. The number of nitrogens with one attached hydrogen (secondary N) is 5. The van der Waals surface area contributed by atoms with E-state index in [-0.39, 0.29) is 0 Å². The largest absolute Gasteiger partial charge is 0.394 e. The number of carbonyl (C=O) groups is 5. The third-order valence-corrected chi connectivity index (χ3v) is 18.7. The lowest BCUT2D eigenvalue weighted by atomic mass is 9.93. The van der Waals surface area contributed by atoms with Crippen LogP contribution in [0.3, 0.4) is 0 Å². The number of aliphatic hydroxyl groups excluding tert-OH is 21. The van der Waals surface area contributed by atoms with Crippen molar-refractivity contribution in [1.29, 1.82) is 0 Å². The van der Waals surface area contributed by atoms with Crippen molar-refractivity contribution < 1.29 is 202 Å². The summed E-state index contributed by atoms with van der Waals surface area (Å²) in [6.07, 6.45) is -72.3. The molecule has 46 heteroatoms. The third-order valence-electron chi connectivity index (χ3n) is 18.7. The van der Waals surface area contributed by atoms with Crippen molar-refractivity contribution in [2.75, 3.05) is 52.9 Å². The van der Waals surface area contributed by atoms with Crippen LogP contribution in [0.4, 0.5) is 0 Å². The number of rotatable bonds is 27. The molecule has 0 aromatic heterocycles. The Hall–Kier alpha value is -4.09. The highest BCUT2D eigenvalue weighted by Gasteiger charge is 2.61. The first-order chi connectivity index (χ1) is 49.2. The molecule has 4 unspecified atom stereocenters. The van der Waals surface area contributed by atoms with Gasteiger partial charge >= 0.3 is 0 Å². The third kappa shape index (κ3) is 19.2. The fourth-order valence-corrected chi connectivity index (χ4v) is 13.4. The predicted octanol–water partition coefficient (Wildman–Crippen LogP) is -17.7. The molecular formula is C58H97N5O41. The second-order valence-corrected chi connectivity index (χ2v) is 26.1. The second kappa shape index (κ2) is 37.5. The monoisotopic (exact) mass is 1520 g/mol. The molecule has 0 bridgehead atoms. The van der Waals surface area contributed by atoms with Gasteiger partial charge in [0.1, 0.15) is 195 Å². The summed E-state index contributed by atoms with van der Waals surface area (Å²) in [6.45, 7) is -3.74. The van der Waals surface area contributed by atoms with Crippen molar-refractivity contribution in [2.24, 2.45) is 0 Å². The summed E-state index contributed by atoms with van der Waals surface area (Å²) in [5.74, 6) is -4.30. The van der Waals surface area contributed by atoms with E-state index in [1.54, 1.807) is 0 Å². The highest BCUT2D eigenvalue weighted by atomic mass is 16.8. The Bertz CT molecular complexity index is 2770. The van der Waals surface area contributed by atoms with Crippen LogP contribution in [0.5, 0.6) is 0 Å². The lowest BCUT2D eigenvalue weighted by Gasteiger charge is -2.51. The van der Waals surface area contributed by atoms with Crippen molar-refractivity contribution in [3.05, 3.63) is 0 Å². The van der Waals surface area contributed by atoms with E-state index in [4.69, 9.17) is 71.1 Å². The first-order valence-corrected chi connectivity index (χ1v) is 33.1. The van der Waals surface area contributed by atoms with E-state index in [1.807, 2.05) is 0 Å². The van der Waals surface area contributed by atoms with Crippen LogP contribution in [-0.2, 0) is 95.0 Å². The van der Waals surface area contributed by atoms with E-state index in [1.165, 1.54) is 0 Å². The van der Waals surface area contributed by atoms with Gasteiger partial charge in [-0.25, -0.2) is 0 Å². The fraction of sp³-hybridized carbons (Fsp3) is 0.914. The molecule has 8 aliphatic heterocycles. The molecule has 0 aromatic rings. The molecular weight excluding hydrogens is 1420 g/mol. The Balaban J connectivity index is 1.20. The van der Waals surface area contributed by atoms with Crippen LogP contribution in [0, 0.1) is 0 Å². The second-order valence-electron chi connectivity index (χ2n) is 26.1. The predicted molar refractivity (Wildman–Crippen MR) is 322 cm³/mol.